The molecule has 0 radical (unpaired) electrons. The topological polar surface area (TPSA) is 26.3 Å². The Hall–Kier alpha value is -1.35. The zero-order valence-corrected chi connectivity index (χ0v) is 8.92. The highest BCUT2D eigenvalue weighted by molar-refractivity contribution is 6.19. The number of allylic oxidation sites excluding steroid dienone is 1. The zero-order chi connectivity index (χ0) is 11.3. The Morgan fingerprint density at radius 1 is 1.60 bits per heavy atom. The summed E-state index contributed by atoms with van der Waals surface area (Å²) in [5.41, 5.74) is 0.631. The first-order valence-corrected chi connectivity index (χ1v) is 4.83. The molecule has 0 amide bonds. The molecule has 0 bridgehead atoms. The summed E-state index contributed by atoms with van der Waals surface area (Å²) < 4.78 is 17.7. The standard InChI is InChI=1S/C11H10ClFO2/c1-15-11(14)9-4-5-10(13)8(7-9)3-2-6-12/h2-5,7H,6H2,1H3. The highest BCUT2D eigenvalue weighted by atomic mass is 35.5. The smallest absolute Gasteiger partial charge is 0.337 e. The van der Waals surface area contributed by atoms with Gasteiger partial charge in [0.1, 0.15) is 5.82 Å². The maximum absolute atomic E-state index is 13.2. The summed E-state index contributed by atoms with van der Waals surface area (Å²) in [4.78, 5) is 11.2. The van der Waals surface area contributed by atoms with Crippen LogP contribution in [-0.4, -0.2) is 19.0 Å². The van der Waals surface area contributed by atoms with Crippen molar-refractivity contribution in [3.63, 3.8) is 0 Å². The van der Waals surface area contributed by atoms with Gasteiger partial charge in [-0.05, 0) is 18.2 Å². The first-order valence-electron chi connectivity index (χ1n) is 4.29. The SMILES string of the molecule is COC(=O)c1ccc(F)c(C=CCCl)c1. The van der Waals surface area contributed by atoms with Crippen LogP contribution in [0.3, 0.4) is 0 Å². The molecule has 0 saturated carbocycles. The number of hydrogen-bond donors (Lipinski definition) is 0. The van der Waals surface area contributed by atoms with E-state index in [2.05, 4.69) is 4.74 Å². The number of rotatable bonds is 3. The van der Waals surface area contributed by atoms with Gasteiger partial charge in [0.25, 0.3) is 0 Å². The van der Waals surface area contributed by atoms with Crippen LogP contribution in [-0.2, 0) is 4.74 Å². The summed E-state index contributed by atoms with van der Waals surface area (Å²) in [5, 5.41) is 0. The molecule has 15 heavy (non-hydrogen) atoms. The fourth-order valence-electron chi connectivity index (χ4n) is 1.09. The van der Waals surface area contributed by atoms with Gasteiger partial charge in [0.15, 0.2) is 0 Å². The Bertz CT molecular complexity index is 388. The van der Waals surface area contributed by atoms with Crippen LogP contribution in [0.15, 0.2) is 24.3 Å². The average molecular weight is 229 g/mol. The lowest BCUT2D eigenvalue weighted by Gasteiger charge is -2.01. The number of hydrogen-bond acceptors (Lipinski definition) is 2. The van der Waals surface area contributed by atoms with Crippen LogP contribution >= 0.6 is 11.6 Å². The van der Waals surface area contributed by atoms with E-state index in [0.717, 1.165) is 0 Å². The second-order valence-corrected chi connectivity index (χ2v) is 3.09. The molecule has 0 aliphatic heterocycles. The van der Waals surface area contributed by atoms with Gasteiger partial charge in [0.05, 0.1) is 12.7 Å². The fraction of sp³-hybridized carbons (Fsp3) is 0.182. The minimum absolute atomic E-state index is 0.294. The molecule has 0 atom stereocenters. The lowest BCUT2D eigenvalue weighted by atomic mass is 10.1. The van der Waals surface area contributed by atoms with Crippen molar-refractivity contribution in [1.82, 2.24) is 0 Å². The van der Waals surface area contributed by atoms with Gasteiger partial charge >= 0.3 is 5.97 Å². The maximum Gasteiger partial charge on any atom is 0.337 e. The Morgan fingerprint density at radius 2 is 2.33 bits per heavy atom. The molecule has 0 N–H and O–H groups in total. The maximum atomic E-state index is 13.2. The summed E-state index contributed by atoms with van der Waals surface area (Å²) in [6, 6.07) is 4.02. The van der Waals surface area contributed by atoms with Crippen molar-refractivity contribution in [2.45, 2.75) is 0 Å². The van der Waals surface area contributed by atoms with Gasteiger partial charge in [-0.3, -0.25) is 0 Å². The quantitative estimate of drug-likeness (QED) is 0.587. The molecule has 0 heterocycles. The van der Waals surface area contributed by atoms with E-state index in [0.29, 0.717) is 17.0 Å². The molecular formula is C11H10ClFO2. The van der Waals surface area contributed by atoms with E-state index < -0.39 is 11.8 Å². The number of esters is 1. The highest BCUT2D eigenvalue weighted by Gasteiger charge is 2.07. The van der Waals surface area contributed by atoms with Crippen molar-refractivity contribution in [3.05, 3.63) is 41.2 Å². The minimum Gasteiger partial charge on any atom is -0.465 e. The average Bonchev–Trinajstić information content (AvgIpc) is 2.27. The first kappa shape index (κ1) is 11.7. The van der Waals surface area contributed by atoms with Gasteiger partial charge in [0.2, 0.25) is 0 Å². The van der Waals surface area contributed by atoms with Crippen molar-refractivity contribution >= 4 is 23.6 Å². The van der Waals surface area contributed by atoms with Crippen LogP contribution in [0.4, 0.5) is 4.39 Å². The second kappa shape index (κ2) is 5.51. The number of carbonyl (C=O) groups excluding carboxylic acids is 1. The molecule has 0 aromatic heterocycles. The molecule has 0 fully saturated rings. The summed E-state index contributed by atoms with van der Waals surface area (Å²) in [6.07, 6.45) is 3.12. The number of ether oxygens (including phenoxy) is 1. The van der Waals surface area contributed by atoms with E-state index in [1.807, 2.05) is 0 Å². The van der Waals surface area contributed by atoms with Gasteiger partial charge < -0.3 is 4.74 Å². The van der Waals surface area contributed by atoms with Gasteiger partial charge in [-0.2, -0.15) is 0 Å². The molecule has 0 aliphatic carbocycles. The van der Waals surface area contributed by atoms with E-state index >= 15 is 0 Å². The molecule has 2 nitrogen and oxygen atoms in total. The number of halogens is 2. The number of methoxy groups -OCH3 is 1. The first-order chi connectivity index (χ1) is 7.19. The molecule has 4 heteroatoms. The van der Waals surface area contributed by atoms with Crippen LogP contribution < -0.4 is 0 Å². The summed E-state index contributed by atoms with van der Waals surface area (Å²) in [6.45, 7) is 0. The van der Waals surface area contributed by atoms with Gasteiger partial charge in [-0.1, -0.05) is 12.2 Å². The largest absolute Gasteiger partial charge is 0.465 e. The predicted molar refractivity (Wildman–Crippen MR) is 57.5 cm³/mol. The third-order valence-corrected chi connectivity index (χ3v) is 1.98. The molecule has 0 saturated heterocycles. The zero-order valence-electron chi connectivity index (χ0n) is 8.17. The van der Waals surface area contributed by atoms with Gasteiger partial charge in [0, 0.05) is 11.4 Å². The summed E-state index contributed by atoms with van der Waals surface area (Å²) >= 11 is 5.43. The van der Waals surface area contributed by atoms with E-state index in [1.165, 1.54) is 31.4 Å². The van der Waals surface area contributed by atoms with E-state index in [-0.39, 0.29) is 0 Å². The Labute approximate surface area is 92.3 Å². The molecule has 1 aromatic carbocycles. The van der Waals surface area contributed by atoms with Crippen molar-refractivity contribution in [2.75, 3.05) is 13.0 Å². The van der Waals surface area contributed by atoms with Crippen LogP contribution in [0.5, 0.6) is 0 Å². The van der Waals surface area contributed by atoms with Crippen molar-refractivity contribution < 1.29 is 13.9 Å². The Kier molecular flexibility index (Phi) is 4.31. The molecular weight excluding hydrogens is 219 g/mol. The number of carbonyl (C=O) groups is 1. The van der Waals surface area contributed by atoms with Crippen LogP contribution in [0.2, 0.25) is 0 Å². The lowest BCUT2D eigenvalue weighted by Crippen LogP contribution is -2.01. The van der Waals surface area contributed by atoms with Gasteiger partial charge in [-0.15, -0.1) is 11.6 Å². The number of benzene rings is 1. The van der Waals surface area contributed by atoms with Crippen molar-refractivity contribution in [2.24, 2.45) is 0 Å². The molecule has 0 spiro atoms. The fourth-order valence-corrected chi connectivity index (χ4v) is 1.18. The van der Waals surface area contributed by atoms with Crippen molar-refractivity contribution in [3.8, 4) is 0 Å². The Morgan fingerprint density at radius 3 is 2.93 bits per heavy atom. The van der Waals surface area contributed by atoms with Crippen LogP contribution in [0, 0.1) is 5.82 Å². The third-order valence-electron chi connectivity index (χ3n) is 1.80. The lowest BCUT2D eigenvalue weighted by molar-refractivity contribution is 0.0600. The van der Waals surface area contributed by atoms with Crippen molar-refractivity contribution in [1.29, 1.82) is 0 Å². The monoisotopic (exact) mass is 228 g/mol. The minimum atomic E-state index is -0.490. The van der Waals surface area contributed by atoms with E-state index in [4.69, 9.17) is 11.6 Å². The highest BCUT2D eigenvalue weighted by Crippen LogP contribution is 2.13. The van der Waals surface area contributed by atoms with E-state index in [1.54, 1.807) is 6.08 Å². The number of alkyl halides is 1. The predicted octanol–water partition coefficient (Wildman–Crippen LogP) is 2.86. The molecule has 0 aliphatic rings. The second-order valence-electron chi connectivity index (χ2n) is 2.78. The summed E-state index contributed by atoms with van der Waals surface area (Å²) in [7, 11) is 1.28. The van der Waals surface area contributed by atoms with E-state index in [9.17, 15) is 9.18 Å². The molecule has 0 unspecified atom stereocenters. The summed E-state index contributed by atoms with van der Waals surface area (Å²) in [5.74, 6) is -0.596. The van der Waals surface area contributed by atoms with Crippen LogP contribution in [0.25, 0.3) is 6.08 Å². The third kappa shape index (κ3) is 3.06. The van der Waals surface area contributed by atoms with Gasteiger partial charge in [-0.25, -0.2) is 9.18 Å². The normalized spacial score (nSPS) is 10.6. The Balaban J connectivity index is 3.05. The molecule has 1 aromatic rings. The molecule has 1 rings (SSSR count). The van der Waals surface area contributed by atoms with Crippen LogP contribution in [0.1, 0.15) is 15.9 Å². The molecule has 80 valence electrons.